The summed E-state index contributed by atoms with van der Waals surface area (Å²) in [5, 5.41) is 8.21. The van der Waals surface area contributed by atoms with Crippen LogP contribution in [0.4, 0.5) is 10.2 Å². The number of hydrogen-bond acceptors (Lipinski definition) is 4. The van der Waals surface area contributed by atoms with Crippen molar-refractivity contribution in [3.8, 4) is 5.69 Å². The lowest BCUT2D eigenvalue weighted by Gasteiger charge is -2.24. The van der Waals surface area contributed by atoms with Crippen LogP contribution in [0.15, 0.2) is 48.5 Å². The van der Waals surface area contributed by atoms with E-state index in [0.29, 0.717) is 23.1 Å². The fraction of sp³-hybridized carbons (Fsp3) is 0.370. The molecule has 0 saturated carbocycles. The maximum atomic E-state index is 13.8. The van der Waals surface area contributed by atoms with Gasteiger partial charge < -0.3 is 5.32 Å². The summed E-state index contributed by atoms with van der Waals surface area (Å²) in [6.07, 6.45) is 0.791. The van der Waals surface area contributed by atoms with Crippen LogP contribution in [-0.2, 0) is 15.0 Å². The molecular formula is C27H30ClFN4O2S. The number of anilines is 1. The van der Waals surface area contributed by atoms with Crippen molar-refractivity contribution in [2.75, 3.05) is 23.7 Å². The second-order valence-electron chi connectivity index (χ2n) is 9.80. The van der Waals surface area contributed by atoms with E-state index in [1.54, 1.807) is 16.8 Å². The van der Waals surface area contributed by atoms with Gasteiger partial charge in [-0.15, -0.1) is 11.8 Å². The number of hydrogen-bond donors (Lipinski definition) is 1. The van der Waals surface area contributed by atoms with E-state index in [1.807, 2.05) is 31.2 Å². The molecule has 3 aromatic rings. The van der Waals surface area contributed by atoms with Crippen molar-refractivity contribution in [2.24, 2.45) is 0 Å². The van der Waals surface area contributed by atoms with Crippen molar-refractivity contribution in [3.63, 3.8) is 0 Å². The Morgan fingerprint density at radius 3 is 2.58 bits per heavy atom. The normalized spacial score (nSPS) is 16.0. The third-order valence-corrected chi connectivity index (χ3v) is 7.39. The topological polar surface area (TPSA) is 67.2 Å². The Hall–Kier alpha value is -2.84. The molecular weight excluding hydrogens is 499 g/mol. The minimum Gasteiger partial charge on any atom is -0.355 e. The molecule has 0 aliphatic carbocycles. The van der Waals surface area contributed by atoms with Crippen molar-refractivity contribution in [2.45, 2.75) is 44.8 Å². The molecule has 36 heavy (non-hydrogen) atoms. The highest BCUT2D eigenvalue weighted by molar-refractivity contribution is 8.00. The maximum Gasteiger partial charge on any atom is 0.240 e. The van der Waals surface area contributed by atoms with E-state index in [4.69, 9.17) is 16.7 Å². The Morgan fingerprint density at radius 1 is 1.22 bits per heavy atom. The molecule has 6 nitrogen and oxygen atoms in total. The Bertz CT molecular complexity index is 1270. The monoisotopic (exact) mass is 528 g/mol. The van der Waals surface area contributed by atoms with Crippen LogP contribution >= 0.6 is 23.4 Å². The lowest BCUT2D eigenvalue weighted by molar-refractivity contribution is -0.122. The lowest BCUT2D eigenvalue weighted by atomic mass is 9.87. The molecule has 4 rings (SSSR count). The van der Waals surface area contributed by atoms with E-state index in [-0.39, 0.29) is 40.6 Å². The fourth-order valence-electron chi connectivity index (χ4n) is 4.23. The van der Waals surface area contributed by atoms with Crippen LogP contribution < -0.4 is 10.2 Å². The Labute approximate surface area is 220 Å². The molecule has 0 unspecified atom stereocenters. The average Bonchev–Trinajstić information content (AvgIpc) is 3.16. The van der Waals surface area contributed by atoms with Crippen LogP contribution in [0.25, 0.3) is 5.69 Å². The average molecular weight is 529 g/mol. The Balaban J connectivity index is 1.99. The van der Waals surface area contributed by atoms with Crippen LogP contribution in [0, 0.1) is 5.82 Å². The summed E-state index contributed by atoms with van der Waals surface area (Å²) in [6, 6.07) is 13.6. The number of thioether (sulfide) groups is 1. The molecule has 1 atom stereocenters. The number of aromatic nitrogens is 2. The quantitative estimate of drug-likeness (QED) is 0.448. The smallest absolute Gasteiger partial charge is 0.240 e. The van der Waals surface area contributed by atoms with E-state index in [2.05, 4.69) is 26.1 Å². The van der Waals surface area contributed by atoms with Crippen molar-refractivity contribution >= 4 is 41.0 Å². The van der Waals surface area contributed by atoms with Crippen molar-refractivity contribution < 1.29 is 14.0 Å². The van der Waals surface area contributed by atoms with Crippen molar-refractivity contribution in [3.05, 3.63) is 76.2 Å². The Morgan fingerprint density at radius 2 is 1.94 bits per heavy atom. The Kier molecular flexibility index (Phi) is 7.76. The van der Waals surface area contributed by atoms with Gasteiger partial charge in [0.1, 0.15) is 18.2 Å². The number of carbonyl (C=O) groups is 2. The third-order valence-electron chi connectivity index (χ3n) is 5.90. The van der Waals surface area contributed by atoms with E-state index >= 15 is 0 Å². The van der Waals surface area contributed by atoms with Crippen LogP contribution in [-0.4, -0.2) is 40.4 Å². The van der Waals surface area contributed by atoms with Gasteiger partial charge in [0, 0.05) is 22.5 Å². The first-order valence-corrected chi connectivity index (χ1v) is 13.4. The fourth-order valence-corrected chi connectivity index (χ4v) is 5.62. The van der Waals surface area contributed by atoms with Crippen LogP contribution in [0.1, 0.15) is 56.2 Å². The number of halogens is 2. The van der Waals surface area contributed by atoms with Gasteiger partial charge >= 0.3 is 0 Å². The SMILES string of the molecule is CCCNC(=O)CN1C(=O)CS[C@@H](c2cccc(Cl)c2)c2c(C(C)(C)C)nn(-c3ccc(F)cc3)c21. The number of fused-ring (bicyclic) bond motifs is 1. The molecule has 0 radical (unpaired) electrons. The van der Waals surface area contributed by atoms with E-state index in [1.165, 1.54) is 28.8 Å². The van der Waals surface area contributed by atoms with E-state index < -0.39 is 0 Å². The van der Waals surface area contributed by atoms with Gasteiger partial charge in [0.2, 0.25) is 11.8 Å². The summed E-state index contributed by atoms with van der Waals surface area (Å²) in [7, 11) is 0. The minimum absolute atomic E-state index is 0.134. The van der Waals surface area contributed by atoms with Gasteiger partial charge in [0.05, 0.1) is 22.4 Å². The minimum atomic E-state index is -0.379. The summed E-state index contributed by atoms with van der Waals surface area (Å²) in [5.41, 5.74) is 2.83. The number of nitrogens with zero attached hydrogens (tertiary/aromatic N) is 3. The van der Waals surface area contributed by atoms with Crippen LogP contribution in [0.2, 0.25) is 5.02 Å². The molecule has 9 heteroatoms. The molecule has 1 aliphatic rings. The number of benzene rings is 2. The van der Waals surface area contributed by atoms with Gasteiger partial charge in [0.25, 0.3) is 0 Å². The standard InChI is InChI=1S/C27H30ClFN4O2S/c1-5-13-30-21(34)15-32-22(35)16-36-24(17-7-6-8-18(28)14-17)23-25(27(2,3)4)31-33(26(23)32)20-11-9-19(29)10-12-20/h6-12,14,24H,5,13,15-16H2,1-4H3,(H,30,34)/t24-/m0/s1. The number of rotatable bonds is 6. The summed E-state index contributed by atoms with van der Waals surface area (Å²) in [6.45, 7) is 8.56. The zero-order valence-electron chi connectivity index (χ0n) is 20.8. The maximum absolute atomic E-state index is 13.8. The summed E-state index contributed by atoms with van der Waals surface area (Å²) < 4.78 is 15.5. The van der Waals surface area contributed by atoms with Crippen molar-refractivity contribution in [1.29, 1.82) is 0 Å². The van der Waals surface area contributed by atoms with Crippen LogP contribution in [0.5, 0.6) is 0 Å². The molecule has 2 aromatic carbocycles. The molecule has 1 N–H and O–H groups in total. The van der Waals surface area contributed by atoms with Gasteiger partial charge in [-0.3, -0.25) is 14.5 Å². The molecule has 1 aliphatic heterocycles. The predicted octanol–water partition coefficient (Wildman–Crippen LogP) is 5.66. The van der Waals surface area contributed by atoms with Gasteiger partial charge in [-0.05, 0) is 48.4 Å². The highest BCUT2D eigenvalue weighted by Crippen LogP contribution is 2.48. The summed E-state index contributed by atoms with van der Waals surface area (Å²) in [4.78, 5) is 27.9. The molecule has 1 aromatic heterocycles. The summed E-state index contributed by atoms with van der Waals surface area (Å²) in [5.74, 6) is -0.0991. The first-order valence-electron chi connectivity index (χ1n) is 11.9. The highest BCUT2D eigenvalue weighted by Gasteiger charge is 2.39. The lowest BCUT2D eigenvalue weighted by Crippen LogP contribution is -2.42. The van der Waals surface area contributed by atoms with E-state index in [0.717, 1.165) is 23.2 Å². The van der Waals surface area contributed by atoms with Gasteiger partial charge in [0.15, 0.2) is 0 Å². The first kappa shape index (κ1) is 26.2. The molecule has 0 saturated heterocycles. The van der Waals surface area contributed by atoms with Crippen LogP contribution in [0.3, 0.4) is 0 Å². The van der Waals surface area contributed by atoms with E-state index in [9.17, 15) is 14.0 Å². The molecule has 190 valence electrons. The van der Waals surface area contributed by atoms with Gasteiger partial charge in [-0.25, -0.2) is 9.07 Å². The predicted molar refractivity (Wildman–Crippen MR) is 144 cm³/mol. The first-order chi connectivity index (χ1) is 17.1. The van der Waals surface area contributed by atoms with Gasteiger partial charge in [-0.2, -0.15) is 5.10 Å². The van der Waals surface area contributed by atoms with Crippen molar-refractivity contribution in [1.82, 2.24) is 15.1 Å². The van der Waals surface area contributed by atoms with Gasteiger partial charge in [-0.1, -0.05) is 51.4 Å². The zero-order chi connectivity index (χ0) is 26.0. The third kappa shape index (κ3) is 5.44. The largest absolute Gasteiger partial charge is 0.355 e. The molecule has 2 heterocycles. The second-order valence-corrected chi connectivity index (χ2v) is 11.3. The second kappa shape index (κ2) is 10.6. The molecule has 2 amide bonds. The number of amides is 2. The number of nitrogens with one attached hydrogen (secondary N) is 1. The molecule has 0 bridgehead atoms. The molecule has 0 spiro atoms. The molecule has 0 fully saturated rings. The zero-order valence-corrected chi connectivity index (χ0v) is 22.4. The summed E-state index contributed by atoms with van der Waals surface area (Å²) >= 11 is 7.85. The number of carbonyl (C=O) groups excluding carboxylic acids is 2. The highest BCUT2D eigenvalue weighted by atomic mass is 35.5.